The van der Waals surface area contributed by atoms with Gasteiger partial charge in [0.1, 0.15) is 5.82 Å². The number of rotatable bonds is 8. The fourth-order valence-corrected chi connectivity index (χ4v) is 4.90. The van der Waals surface area contributed by atoms with E-state index < -0.39 is 6.04 Å². The first-order chi connectivity index (χ1) is 17.8. The van der Waals surface area contributed by atoms with Crippen molar-refractivity contribution < 1.29 is 4.79 Å². The number of halogens is 1. The van der Waals surface area contributed by atoms with Crippen molar-refractivity contribution in [3.8, 4) is 5.69 Å². The van der Waals surface area contributed by atoms with Gasteiger partial charge in [0.05, 0.1) is 28.3 Å². The zero-order valence-corrected chi connectivity index (χ0v) is 23.4. The number of urea groups is 1. The molecule has 37 heavy (non-hydrogen) atoms. The van der Waals surface area contributed by atoms with Gasteiger partial charge in [0.2, 0.25) is 0 Å². The number of aromatic nitrogens is 2. The lowest BCUT2D eigenvalue weighted by molar-refractivity contribution is 0.187. The summed E-state index contributed by atoms with van der Waals surface area (Å²) in [4.78, 5) is 34.3. The van der Waals surface area contributed by atoms with Gasteiger partial charge in [-0.3, -0.25) is 9.36 Å². The van der Waals surface area contributed by atoms with Gasteiger partial charge in [0, 0.05) is 11.0 Å². The van der Waals surface area contributed by atoms with Crippen LogP contribution < -0.4 is 10.9 Å². The van der Waals surface area contributed by atoms with Crippen LogP contribution >= 0.6 is 15.9 Å². The van der Waals surface area contributed by atoms with Crippen molar-refractivity contribution in [2.45, 2.75) is 53.0 Å². The number of amides is 2. The summed E-state index contributed by atoms with van der Waals surface area (Å²) < 4.78 is 2.49. The minimum absolute atomic E-state index is 0.138. The number of para-hydroxylation sites is 2. The van der Waals surface area contributed by atoms with Crippen LogP contribution in [0.5, 0.6) is 0 Å². The number of benzene rings is 3. The van der Waals surface area contributed by atoms with Gasteiger partial charge < -0.3 is 10.2 Å². The van der Waals surface area contributed by atoms with Crippen molar-refractivity contribution >= 4 is 38.6 Å². The fraction of sp³-hybridized carbons (Fsp3) is 0.300. The van der Waals surface area contributed by atoms with Crippen molar-refractivity contribution in [2.75, 3.05) is 11.9 Å². The van der Waals surface area contributed by atoms with Crippen LogP contribution in [0.1, 0.15) is 56.1 Å². The molecule has 1 atom stereocenters. The Morgan fingerprint density at radius 1 is 1.05 bits per heavy atom. The lowest BCUT2D eigenvalue weighted by Gasteiger charge is -2.31. The highest BCUT2D eigenvalue weighted by molar-refractivity contribution is 9.10. The number of hydrogen-bond acceptors (Lipinski definition) is 3. The quantitative estimate of drug-likeness (QED) is 0.226. The fourth-order valence-electron chi connectivity index (χ4n) is 4.52. The standard InChI is InChI=1S/C30H33BrN4O2/c1-5-6-11-18-34(30(37)33-26-15-10-8-13-24(26)31)22(4)28-32-25-14-9-7-12-23(25)29(36)35(28)27-19-20(2)16-17-21(27)3/h7-10,12-17,19,22H,5-6,11,18H2,1-4H3,(H,33,37). The predicted octanol–water partition coefficient (Wildman–Crippen LogP) is 7.55. The van der Waals surface area contributed by atoms with Gasteiger partial charge in [0.25, 0.3) is 5.56 Å². The topological polar surface area (TPSA) is 67.2 Å². The van der Waals surface area contributed by atoms with Gasteiger partial charge in [-0.05, 0) is 84.6 Å². The largest absolute Gasteiger partial charge is 0.322 e. The number of hydrogen-bond donors (Lipinski definition) is 1. The highest BCUT2D eigenvalue weighted by Crippen LogP contribution is 2.27. The van der Waals surface area contributed by atoms with Crippen LogP contribution in [0.2, 0.25) is 0 Å². The Labute approximate surface area is 226 Å². The smallest absolute Gasteiger partial charge is 0.315 e. The highest BCUT2D eigenvalue weighted by atomic mass is 79.9. The molecule has 0 spiro atoms. The molecule has 0 radical (unpaired) electrons. The van der Waals surface area contributed by atoms with Crippen molar-refractivity contribution in [3.05, 3.63) is 98.5 Å². The number of fused-ring (bicyclic) bond motifs is 1. The first-order valence-corrected chi connectivity index (χ1v) is 13.5. The summed E-state index contributed by atoms with van der Waals surface area (Å²) in [7, 11) is 0. The summed E-state index contributed by atoms with van der Waals surface area (Å²) in [6.07, 6.45) is 2.89. The SMILES string of the molecule is CCCCCN(C(=O)Nc1ccccc1Br)C(C)c1nc2ccccc2c(=O)n1-c1cc(C)ccc1C. The van der Waals surface area contributed by atoms with E-state index in [9.17, 15) is 9.59 Å². The van der Waals surface area contributed by atoms with Crippen LogP contribution in [-0.4, -0.2) is 27.0 Å². The van der Waals surface area contributed by atoms with Gasteiger partial charge in [-0.25, -0.2) is 9.78 Å². The van der Waals surface area contributed by atoms with Crippen LogP contribution in [0, 0.1) is 13.8 Å². The Bertz CT molecular complexity index is 1480. The Morgan fingerprint density at radius 3 is 2.54 bits per heavy atom. The molecule has 0 fully saturated rings. The van der Waals surface area contributed by atoms with Crippen molar-refractivity contribution in [3.63, 3.8) is 0 Å². The van der Waals surface area contributed by atoms with Crippen LogP contribution in [0.25, 0.3) is 16.6 Å². The first-order valence-electron chi connectivity index (χ1n) is 12.7. The maximum absolute atomic E-state index is 13.9. The molecule has 0 aliphatic heterocycles. The number of carbonyl (C=O) groups excluding carboxylic acids is 1. The maximum atomic E-state index is 13.9. The second kappa shape index (κ2) is 11.7. The molecule has 1 aromatic heterocycles. The molecule has 1 heterocycles. The van der Waals surface area contributed by atoms with Gasteiger partial charge in [-0.1, -0.05) is 56.2 Å². The normalized spacial score (nSPS) is 11.9. The monoisotopic (exact) mass is 560 g/mol. The summed E-state index contributed by atoms with van der Waals surface area (Å²) in [5.41, 5.74) is 3.97. The van der Waals surface area contributed by atoms with Gasteiger partial charge >= 0.3 is 6.03 Å². The summed E-state index contributed by atoms with van der Waals surface area (Å²) >= 11 is 3.52. The summed E-state index contributed by atoms with van der Waals surface area (Å²) in [5.74, 6) is 0.538. The van der Waals surface area contributed by atoms with Crippen LogP contribution in [-0.2, 0) is 0 Å². The molecule has 1 unspecified atom stereocenters. The Kier molecular flexibility index (Phi) is 8.44. The maximum Gasteiger partial charge on any atom is 0.322 e. The van der Waals surface area contributed by atoms with E-state index in [0.29, 0.717) is 29.0 Å². The van der Waals surface area contributed by atoms with Gasteiger partial charge in [-0.2, -0.15) is 0 Å². The van der Waals surface area contributed by atoms with E-state index in [1.807, 2.05) is 81.4 Å². The molecule has 1 N–H and O–H groups in total. The van der Waals surface area contributed by atoms with Crippen molar-refractivity contribution in [1.82, 2.24) is 14.5 Å². The third kappa shape index (κ3) is 5.77. The molecule has 0 aliphatic rings. The number of nitrogens with one attached hydrogen (secondary N) is 1. The molecule has 6 nitrogen and oxygen atoms in total. The van der Waals surface area contributed by atoms with E-state index in [4.69, 9.17) is 4.98 Å². The second-order valence-corrected chi connectivity index (χ2v) is 10.3. The van der Waals surface area contributed by atoms with E-state index in [-0.39, 0.29) is 11.6 Å². The number of anilines is 1. The Morgan fingerprint density at radius 2 is 1.78 bits per heavy atom. The average molecular weight is 562 g/mol. The van der Waals surface area contributed by atoms with E-state index >= 15 is 0 Å². The summed E-state index contributed by atoms with van der Waals surface area (Å²) in [6, 6.07) is 20.3. The second-order valence-electron chi connectivity index (χ2n) is 9.40. The zero-order chi connectivity index (χ0) is 26.5. The number of nitrogens with zero attached hydrogens (tertiary/aromatic N) is 3. The zero-order valence-electron chi connectivity index (χ0n) is 21.8. The number of aryl methyl sites for hydroxylation is 2. The molecule has 0 bridgehead atoms. The molecule has 7 heteroatoms. The highest BCUT2D eigenvalue weighted by Gasteiger charge is 2.27. The first kappa shape index (κ1) is 26.6. The lowest BCUT2D eigenvalue weighted by atomic mass is 10.1. The lowest BCUT2D eigenvalue weighted by Crippen LogP contribution is -2.40. The number of unbranched alkanes of at least 4 members (excludes halogenated alkanes) is 2. The minimum atomic E-state index is -0.462. The molecule has 4 aromatic rings. The third-order valence-electron chi connectivity index (χ3n) is 6.63. The molecule has 0 saturated carbocycles. The molecule has 0 aliphatic carbocycles. The van der Waals surface area contributed by atoms with Crippen LogP contribution in [0.15, 0.2) is 76.0 Å². The Balaban J connectivity index is 1.86. The molecule has 4 rings (SSSR count). The van der Waals surface area contributed by atoms with E-state index in [1.165, 1.54) is 0 Å². The molecule has 2 amide bonds. The molecule has 192 valence electrons. The van der Waals surface area contributed by atoms with Crippen LogP contribution in [0.4, 0.5) is 10.5 Å². The minimum Gasteiger partial charge on any atom is -0.315 e. The Hall–Kier alpha value is -3.45. The average Bonchev–Trinajstić information content (AvgIpc) is 2.89. The van der Waals surface area contributed by atoms with Gasteiger partial charge in [0.15, 0.2) is 0 Å². The van der Waals surface area contributed by atoms with E-state index in [2.05, 4.69) is 28.2 Å². The van der Waals surface area contributed by atoms with E-state index in [1.54, 1.807) is 15.5 Å². The number of carbonyl (C=O) groups is 1. The summed E-state index contributed by atoms with van der Waals surface area (Å²) in [5, 5.41) is 3.59. The predicted molar refractivity (Wildman–Crippen MR) is 155 cm³/mol. The van der Waals surface area contributed by atoms with Crippen molar-refractivity contribution in [1.29, 1.82) is 0 Å². The third-order valence-corrected chi connectivity index (χ3v) is 7.32. The molecular weight excluding hydrogens is 528 g/mol. The molecule has 3 aromatic carbocycles. The van der Waals surface area contributed by atoms with Gasteiger partial charge in [-0.15, -0.1) is 0 Å². The molecular formula is C30H33BrN4O2. The van der Waals surface area contributed by atoms with Crippen LogP contribution in [0.3, 0.4) is 0 Å². The summed E-state index contributed by atoms with van der Waals surface area (Å²) in [6.45, 7) is 8.62. The molecule has 0 saturated heterocycles. The van der Waals surface area contributed by atoms with Crippen molar-refractivity contribution in [2.24, 2.45) is 0 Å². The van der Waals surface area contributed by atoms with E-state index in [0.717, 1.165) is 40.5 Å².